The van der Waals surface area contributed by atoms with Crippen molar-refractivity contribution in [3.05, 3.63) is 59.4 Å². The number of benzene rings is 1. The number of hydrogen-bond acceptors (Lipinski definition) is 3. The average Bonchev–Trinajstić information content (AvgIpc) is 2.87. The molecule has 3 heteroatoms. The number of aromatic nitrogens is 1. The number of ketones is 1. The molecule has 17 heavy (non-hydrogen) atoms. The Morgan fingerprint density at radius 1 is 1.18 bits per heavy atom. The Balaban J connectivity index is 2.06. The smallest absolute Gasteiger partial charge is 0.195 e. The Morgan fingerprint density at radius 2 is 2.00 bits per heavy atom. The molecule has 0 saturated heterocycles. The van der Waals surface area contributed by atoms with E-state index in [9.17, 15) is 4.79 Å². The molecule has 1 aromatic heterocycles. The molecular formula is C14H12N2O. The second kappa shape index (κ2) is 4.01. The van der Waals surface area contributed by atoms with Gasteiger partial charge in [0.05, 0.1) is 0 Å². The van der Waals surface area contributed by atoms with Gasteiger partial charge in [0, 0.05) is 35.8 Å². The van der Waals surface area contributed by atoms with Gasteiger partial charge in [-0.1, -0.05) is 12.1 Å². The fourth-order valence-electron chi connectivity index (χ4n) is 2.19. The maximum absolute atomic E-state index is 12.3. The second-order valence-electron chi connectivity index (χ2n) is 4.08. The molecule has 1 aliphatic rings. The first-order chi connectivity index (χ1) is 8.36. The molecule has 0 radical (unpaired) electrons. The van der Waals surface area contributed by atoms with Crippen LogP contribution < -0.4 is 5.32 Å². The van der Waals surface area contributed by atoms with Crippen LogP contribution in [0.2, 0.25) is 0 Å². The minimum absolute atomic E-state index is 0.0543. The minimum Gasteiger partial charge on any atom is -0.384 e. The van der Waals surface area contributed by atoms with Crippen molar-refractivity contribution in [2.75, 3.05) is 11.9 Å². The predicted molar refractivity (Wildman–Crippen MR) is 66.3 cm³/mol. The van der Waals surface area contributed by atoms with E-state index in [1.165, 1.54) is 5.56 Å². The number of hydrogen-bond donors (Lipinski definition) is 1. The molecule has 0 spiro atoms. The molecule has 0 amide bonds. The summed E-state index contributed by atoms with van der Waals surface area (Å²) in [7, 11) is 0. The van der Waals surface area contributed by atoms with Crippen molar-refractivity contribution >= 4 is 11.5 Å². The molecule has 2 heterocycles. The number of carbonyl (C=O) groups excluding carboxylic acids is 1. The van der Waals surface area contributed by atoms with Gasteiger partial charge in [0.15, 0.2) is 5.78 Å². The van der Waals surface area contributed by atoms with Gasteiger partial charge in [-0.3, -0.25) is 9.78 Å². The number of nitrogens with zero attached hydrogens (tertiary/aromatic N) is 1. The Morgan fingerprint density at radius 3 is 2.82 bits per heavy atom. The van der Waals surface area contributed by atoms with Crippen molar-refractivity contribution in [2.45, 2.75) is 6.42 Å². The Bertz CT molecular complexity index is 564. The van der Waals surface area contributed by atoms with Gasteiger partial charge in [-0.2, -0.15) is 0 Å². The Kier molecular flexibility index (Phi) is 2.37. The molecule has 84 valence electrons. The highest BCUT2D eigenvalue weighted by molar-refractivity contribution is 6.12. The van der Waals surface area contributed by atoms with Crippen molar-refractivity contribution in [1.82, 2.24) is 4.98 Å². The fraction of sp³-hybridized carbons (Fsp3) is 0.143. The number of carbonyl (C=O) groups is 1. The zero-order chi connectivity index (χ0) is 11.7. The number of nitrogens with one attached hydrogen (secondary N) is 1. The number of pyridine rings is 1. The number of rotatable bonds is 2. The SMILES string of the molecule is O=C(c1ccncc1)c1cccc2c1NCC2. The van der Waals surface area contributed by atoms with Crippen molar-refractivity contribution < 1.29 is 4.79 Å². The monoisotopic (exact) mass is 224 g/mol. The van der Waals surface area contributed by atoms with E-state index < -0.39 is 0 Å². The summed E-state index contributed by atoms with van der Waals surface area (Å²) in [6.45, 7) is 0.913. The maximum Gasteiger partial charge on any atom is 0.195 e. The molecule has 3 rings (SSSR count). The first kappa shape index (κ1) is 10.0. The number of para-hydroxylation sites is 1. The van der Waals surface area contributed by atoms with Crippen molar-refractivity contribution in [3.8, 4) is 0 Å². The molecule has 3 nitrogen and oxygen atoms in total. The zero-order valence-electron chi connectivity index (χ0n) is 9.31. The van der Waals surface area contributed by atoms with Gasteiger partial charge in [0.2, 0.25) is 0 Å². The quantitative estimate of drug-likeness (QED) is 0.796. The molecule has 2 aromatic rings. The lowest BCUT2D eigenvalue weighted by Crippen LogP contribution is -2.05. The highest BCUT2D eigenvalue weighted by atomic mass is 16.1. The molecule has 1 N–H and O–H groups in total. The van der Waals surface area contributed by atoms with Gasteiger partial charge in [0.1, 0.15) is 0 Å². The number of fused-ring (bicyclic) bond motifs is 1. The standard InChI is InChI=1S/C14H12N2O/c17-14(11-4-7-15-8-5-11)12-3-1-2-10-6-9-16-13(10)12/h1-5,7-8,16H,6,9H2. The lowest BCUT2D eigenvalue weighted by atomic mass is 10.00. The highest BCUT2D eigenvalue weighted by Crippen LogP contribution is 2.27. The van der Waals surface area contributed by atoms with Crippen LogP contribution in [-0.4, -0.2) is 17.3 Å². The van der Waals surface area contributed by atoms with Gasteiger partial charge >= 0.3 is 0 Å². The van der Waals surface area contributed by atoms with Crippen LogP contribution >= 0.6 is 0 Å². The van der Waals surface area contributed by atoms with E-state index in [-0.39, 0.29) is 5.78 Å². The van der Waals surface area contributed by atoms with Crippen LogP contribution in [0.4, 0.5) is 5.69 Å². The molecule has 1 aliphatic heterocycles. The molecule has 0 unspecified atom stereocenters. The maximum atomic E-state index is 12.3. The van der Waals surface area contributed by atoms with E-state index in [0.29, 0.717) is 5.56 Å². The van der Waals surface area contributed by atoms with Crippen LogP contribution in [0.1, 0.15) is 21.5 Å². The van der Waals surface area contributed by atoms with Gasteiger partial charge in [0.25, 0.3) is 0 Å². The van der Waals surface area contributed by atoms with Crippen LogP contribution in [0.15, 0.2) is 42.7 Å². The molecule has 0 fully saturated rings. The summed E-state index contributed by atoms with van der Waals surface area (Å²) in [5.41, 5.74) is 3.66. The van der Waals surface area contributed by atoms with Crippen LogP contribution in [0.3, 0.4) is 0 Å². The van der Waals surface area contributed by atoms with Crippen LogP contribution in [-0.2, 0) is 6.42 Å². The molecule has 0 aliphatic carbocycles. The Labute approximate surface area is 99.5 Å². The summed E-state index contributed by atoms with van der Waals surface area (Å²) in [6, 6.07) is 9.38. The second-order valence-corrected chi connectivity index (χ2v) is 4.08. The fourth-order valence-corrected chi connectivity index (χ4v) is 2.19. The summed E-state index contributed by atoms with van der Waals surface area (Å²) in [5.74, 6) is 0.0543. The summed E-state index contributed by atoms with van der Waals surface area (Å²) >= 11 is 0. The third-order valence-electron chi connectivity index (χ3n) is 3.03. The van der Waals surface area contributed by atoms with E-state index in [1.54, 1.807) is 24.5 Å². The molecule has 0 bridgehead atoms. The third kappa shape index (κ3) is 1.69. The van der Waals surface area contributed by atoms with E-state index in [0.717, 1.165) is 24.2 Å². The summed E-state index contributed by atoms with van der Waals surface area (Å²) in [4.78, 5) is 16.3. The van der Waals surface area contributed by atoms with Gasteiger partial charge in [-0.15, -0.1) is 0 Å². The molecule has 0 atom stereocenters. The van der Waals surface area contributed by atoms with E-state index in [2.05, 4.69) is 16.4 Å². The minimum atomic E-state index is 0.0543. The van der Waals surface area contributed by atoms with Crippen LogP contribution in [0, 0.1) is 0 Å². The first-order valence-electron chi connectivity index (χ1n) is 5.67. The summed E-state index contributed by atoms with van der Waals surface area (Å²) in [6.07, 6.45) is 4.28. The van der Waals surface area contributed by atoms with E-state index >= 15 is 0 Å². The molecular weight excluding hydrogens is 212 g/mol. The molecule has 0 saturated carbocycles. The van der Waals surface area contributed by atoms with Gasteiger partial charge in [-0.05, 0) is 30.2 Å². The summed E-state index contributed by atoms with van der Waals surface area (Å²) in [5, 5.41) is 3.28. The predicted octanol–water partition coefficient (Wildman–Crippen LogP) is 2.28. The third-order valence-corrected chi connectivity index (χ3v) is 3.03. The lowest BCUT2D eigenvalue weighted by Gasteiger charge is -2.07. The highest BCUT2D eigenvalue weighted by Gasteiger charge is 2.19. The molecule has 1 aromatic carbocycles. The van der Waals surface area contributed by atoms with Gasteiger partial charge < -0.3 is 5.32 Å². The van der Waals surface area contributed by atoms with E-state index in [1.807, 2.05) is 12.1 Å². The number of anilines is 1. The van der Waals surface area contributed by atoms with Gasteiger partial charge in [-0.25, -0.2) is 0 Å². The van der Waals surface area contributed by atoms with Crippen molar-refractivity contribution in [2.24, 2.45) is 0 Å². The zero-order valence-corrected chi connectivity index (χ0v) is 9.31. The average molecular weight is 224 g/mol. The van der Waals surface area contributed by atoms with E-state index in [4.69, 9.17) is 0 Å². The van der Waals surface area contributed by atoms with Crippen molar-refractivity contribution in [3.63, 3.8) is 0 Å². The first-order valence-corrected chi connectivity index (χ1v) is 5.67. The van der Waals surface area contributed by atoms with Crippen molar-refractivity contribution in [1.29, 1.82) is 0 Å². The topological polar surface area (TPSA) is 42.0 Å². The van der Waals surface area contributed by atoms with Crippen LogP contribution in [0.5, 0.6) is 0 Å². The largest absolute Gasteiger partial charge is 0.384 e. The lowest BCUT2D eigenvalue weighted by molar-refractivity contribution is 0.103. The summed E-state index contributed by atoms with van der Waals surface area (Å²) < 4.78 is 0. The Hall–Kier alpha value is -2.16. The normalized spacial score (nSPS) is 12.9. The van der Waals surface area contributed by atoms with Crippen LogP contribution in [0.25, 0.3) is 0 Å².